The van der Waals surface area contributed by atoms with Crippen LogP contribution in [0, 0.1) is 0 Å². The fraction of sp³-hybridized carbons (Fsp3) is 0.0204. The molecule has 3 nitrogen and oxygen atoms in total. The first kappa shape index (κ1) is 65.6. The van der Waals surface area contributed by atoms with Crippen molar-refractivity contribution in [2.75, 3.05) is 9.80 Å². The first-order valence-corrected chi connectivity index (χ1v) is 36.4. The molecule has 0 amide bonds. The van der Waals surface area contributed by atoms with Crippen molar-refractivity contribution in [3.63, 3.8) is 0 Å². The Morgan fingerprint density at radius 3 is 0.709 bits per heavy atom. The van der Waals surface area contributed by atoms with Gasteiger partial charge in [0, 0.05) is 59.8 Å². The zero-order valence-electron chi connectivity index (χ0n) is 56.4. The van der Waals surface area contributed by atoms with Gasteiger partial charge in [-0.05, 0) is 174 Å². The number of anilines is 6. The van der Waals surface area contributed by atoms with Crippen LogP contribution in [-0.2, 0) is 11.0 Å². The third-order valence-corrected chi connectivity index (χ3v) is 21.3. The van der Waals surface area contributed by atoms with E-state index >= 15 is 0 Å². The summed E-state index contributed by atoms with van der Waals surface area (Å²) in [5, 5.41) is 11.6. The van der Waals surface area contributed by atoms with E-state index in [1.165, 1.54) is 77.9 Å². The van der Waals surface area contributed by atoms with E-state index in [0.717, 1.165) is 70.9 Å². The van der Waals surface area contributed by atoms with Crippen LogP contribution in [0.15, 0.2) is 428 Å². The maximum atomic E-state index is 11.6. The van der Waals surface area contributed by atoms with Gasteiger partial charge >= 0.3 is 0 Å². The lowest BCUT2D eigenvalue weighted by Crippen LogP contribution is -2.29. The SMILES string of the molecule is Brc1ccccc1C1(c2ccc(N(c3ccc(-c4ccccc4)cc3)c3ccc(-c4ccccc4)cc3)cc2)c2ccccc2-c2ccccc21.OC1(c2ccccc2Br)c2ccccc2-c2ccccc21.c1ccc(-c2ccc(N(c3ccccc3)c3ccc(-c4ccccc4)cc3)cc2)cc1. The second-order valence-corrected chi connectivity index (χ2v) is 27.5. The van der Waals surface area contributed by atoms with Gasteiger partial charge in [0.15, 0.2) is 0 Å². The van der Waals surface area contributed by atoms with Crippen molar-refractivity contribution >= 4 is 66.0 Å². The van der Waals surface area contributed by atoms with Gasteiger partial charge in [0.25, 0.3) is 0 Å². The zero-order chi connectivity index (χ0) is 69.5. The zero-order valence-corrected chi connectivity index (χ0v) is 59.6. The number of benzene rings is 16. The number of halogens is 2. The summed E-state index contributed by atoms with van der Waals surface area (Å²) in [6.45, 7) is 0. The number of aliphatic hydroxyl groups is 1. The van der Waals surface area contributed by atoms with Crippen LogP contribution >= 0.6 is 31.9 Å². The van der Waals surface area contributed by atoms with Gasteiger partial charge in [-0.2, -0.15) is 0 Å². The van der Waals surface area contributed by atoms with Crippen LogP contribution in [0.3, 0.4) is 0 Å². The molecule has 2 aliphatic rings. The monoisotopic (exact) mass is 1450 g/mol. The molecule has 0 spiro atoms. The first-order chi connectivity index (χ1) is 50.8. The number of para-hydroxylation sites is 1. The highest BCUT2D eigenvalue weighted by Gasteiger charge is 2.47. The molecule has 0 heterocycles. The van der Waals surface area contributed by atoms with E-state index in [9.17, 15) is 5.11 Å². The maximum absolute atomic E-state index is 11.6. The number of fused-ring (bicyclic) bond motifs is 6. The van der Waals surface area contributed by atoms with Crippen LogP contribution in [0.25, 0.3) is 66.8 Å². The van der Waals surface area contributed by atoms with Gasteiger partial charge < -0.3 is 14.9 Å². The van der Waals surface area contributed by atoms with Gasteiger partial charge in [0.1, 0.15) is 5.60 Å². The van der Waals surface area contributed by atoms with Crippen molar-refractivity contribution in [3.8, 4) is 66.8 Å². The molecule has 492 valence electrons. The van der Waals surface area contributed by atoms with Crippen molar-refractivity contribution in [2.45, 2.75) is 11.0 Å². The quantitative estimate of drug-likeness (QED) is 0.125. The number of nitrogens with zero attached hydrogens (tertiary/aromatic N) is 2. The minimum absolute atomic E-state index is 0.481. The summed E-state index contributed by atoms with van der Waals surface area (Å²) < 4.78 is 2.01. The Morgan fingerprint density at radius 1 is 0.184 bits per heavy atom. The van der Waals surface area contributed by atoms with Gasteiger partial charge in [0.2, 0.25) is 0 Å². The molecule has 18 rings (SSSR count). The normalized spacial score (nSPS) is 12.4. The Hall–Kier alpha value is -12.0. The van der Waals surface area contributed by atoms with Crippen molar-refractivity contribution in [1.29, 1.82) is 0 Å². The standard InChI is InChI=1S/C49H34BrN.C30H23N.C19H13BrO/c50-48-22-12-11-21-47(48)49(45-19-9-7-17-43(45)44-18-8-10-20-46(44)49)39-27-33-42(34-28-39)51(40-29-23-37(24-30-40)35-13-3-1-4-14-35)41-31-25-38(26-32-41)36-15-5-2-6-16-36;1-4-10-24(11-5-1)26-16-20-29(21-17-26)31(28-14-8-3-9-15-28)30-22-18-27(19-23-30)25-12-6-2-7-13-25;20-18-12-6-5-11-17(18)19(21)15-9-3-1-7-13(15)14-8-2-4-10-16(14)19/h1-34H;1-23H;1-12,21H. The van der Waals surface area contributed by atoms with E-state index in [1.54, 1.807) is 0 Å². The average Bonchev–Trinajstić information content (AvgIpc) is 1.56. The van der Waals surface area contributed by atoms with Gasteiger partial charge in [-0.3, -0.25) is 0 Å². The molecule has 2 aliphatic carbocycles. The van der Waals surface area contributed by atoms with Crippen LogP contribution in [0.1, 0.15) is 38.9 Å². The summed E-state index contributed by atoms with van der Waals surface area (Å²) in [4.78, 5) is 4.65. The number of hydrogen-bond donors (Lipinski definition) is 1. The highest BCUT2D eigenvalue weighted by molar-refractivity contribution is 9.10. The topological polar surface area (TPSA) is 26.7 Å². The molecule has 0 radical (unpaired) electrons. The fourth-order valence-corrected chi connectivity index (χ4v) is 16.2. The maximum Gasteiger partial charge on any atom is 0.142 e. The Bertz CT molecular complexity index is 5300. The minimum atomic E-state index is -1.10. The molecular weight excluding hydrogens is 1380 g/mol. The molecule has 0 bridgehead atoms. The third-order valence-electron chi connectivity index (χ3n) is 19.9. The fourth-order valence-electron chi connectivity index (χ4n) is 15.1. The summed E-state index contributed by atoms with van der Waals surface area (Å²) in [5.41, 5.74) is 27.5. The molecule has 5 heteroatoms. The van der Waals surface area contributed by atoms with Crippen LogP contribution in [-0.4, -0.2) is 5.11 Å². The summed E-state index contributed by atoms with van der Waals surface area (Å²) in [7, 11) is 0. The van der Waals surface area contributed by atoms with E-state index in [2.05, 4.69) is 387 Å². The first-order valence-electron chi connectivity index (χ1n) is 34.8. The number of rotatable bonds is 13. The molecule has 16 aromatic carbocycles. The molecule has 0 fully saturated rings. The Labute approximate surface area is 620 Å². The smallest absolute Gasteiger partial charge is 0.142 e. The van der Waals surface area contributed by atoms with E-state index in [4.69, 9.17) is 0 Å². The van der Waals surface area contributed by atoms with Crippen LogP contribution in [0.5, 0.6) is 0 Å². The van der Waals surface area contributed by atoms with E-state index in [0.29, 0.717) is 0 Å². The van der Waals surface area contributed by atoms with E-state index < -0.39 is 11.0 Å². The Morgan fingerprint density at radius 2 is 0.398 bits per heavy atom. The summed E-state index contributed by atoms with van der Waals surface area (Å²) in [6, 6.07) is 148. The van der Waals surface area contributed by atoms with Gasteiger partial charge in [-0.25, -0.2) is 0 Å². The summed E-state index contributed by atoms with van der Waals surface area (Å²) in [6.07, 6.45) is 0. The summed E-state index contributed by atoms with van der Waals surface area (Å²) in [5.74, 6) is 0. The number of hydrogen-bond acceptors (Lipinski definition) is 3. The van der Waals surface area contributed by atoms with Crippen molar-refractivity contribution in [1.82, 2.24) is 0 Å². The summed E-state index contributed by atoms with van der Waals surface area (Å²) >= 11 is 7.56. The Kier molecular flexibility index (Phi) is 18.7. The molecule has 0 saturated heterocycles. The van der Waals surface area contributed by atoms with Crippen LogP contribution in [0.4, 0.5) is 34.1 Å². The van der Waals surface area contributed by atoms with Crippen LogP contribution < -0.4 is 9.80 Å². The Balaban J connectivity index is 0.000000133. The molecule has 1 N–H and O–H groups in total. The predicted molar refractivity (Wildman–Crippen MR) is 437 cm³/mol. The molecule has 103 heavy (non-hydrogen) atoms. The molecular formula is C98H70Br2N2O. The van der Waals surface area contributed by atoms with Gasteiger partial charge in [-0.15, -0.1) is 0 Å². The highest BCUT2D eigenvalue weighted by Crippen LogP contribution is 2.58. The van der Waals surface area contributed by atoms with Gasteiger partial charge in [-0.1, -0.05) is 366 Å². The van der Waals surface area contributed by atoms with Crippen molar-refractivity contribution < 1.29 is 5.11 Å². The van der Waals surface area contributed by atoms with Crippen LogP contribution in [0.2, 0.25) is 0 Å². The molecule has 0 unspecified atom stereocenters. The lowest BCUT2D eigenvalue weighted by atomic mass is 9.67. The molecule has 0 aliphatic heterocycles. The lowest BCUT2D eigenvalue weighted by molar-refractivity contribution is 0.130. The lowest BCUT2D eigenvalue weighted by Gasteiger charge is -2.35. The highest BCUT2D eigenvalue weighted by atomic mass is 79.9. The second-order valence-electron chi connectivity index (χ2n) is 25.8. The van der Waals surface area contributed by atoms with Crippen molar-refractivity contribution in [3.05, 3.63) is 466 Å². The minimum Gasteiger partial charge on any atom is -0.376 e. The molecule has 0 saturated carbocycles. The molecule has 0 atom stereocenters. The average molecular weight is 1450 g/mol. The second kappa shape index (κ2) is 29.3. The van der Waals surface area contributed by atoms with Gasteiger partial charge in [0.05, 0.1) is 5.41 Å². The van der Waals surface area contributed by atoms with E-state index in [-0.39, 0.29) is 0 Å². The largest absolute Gasteiger partial charge is 0.376 e. The molecule has 16 aromatic rings. The molecule has 0 aromatic heterocycles. The predicted octanol–water partition coefficient (Wildman–Crippen LogP) is 26.8. The third kappa shape index (κ3) is 12.7. The van der Waals surface area contributed by atoms with Crippen molar-refractivity contribution in [2.24, 2.45) is 0 Å². The van der Waals surface area contributed by atoms with E-state index in [1.807, 2.05) is 72.8 Å².